The summed E-state index contributed by atoms with van der Waals surface area (Å²) in [6, 6.07) is 5.68. The van der Waals surface area contributed by atoms with Crippen LogP contribution < -0.4 is 22.5 Å². The average Bonchev–Trinajstić information content (AvgIpc) is 2.87. The predicted molar refractivity (Wildman–Crippen MR) is 78.0 cm³/mol. The van der Waals surface area contributed by atoms with Gasteiger partial charge in [0.2, 0.25) is 5.16 Å². The molecule has 7 nitrogen and oxygen atoms in total. The molecule has 1 aromatic heterocycles. The van der Waals surface area contributed by atoms with Gasteiger partial charge in [0, 0.05) is 11.3 Å². The fraction of sp³-hybridized carbons (Fsp3) is 0.231. The standard InChI is InChI=1S/C13H11N5O2S.ClH/c1-7-15-16-13-18(7)17-10(6-21-13)8-2-3-11-9(4-8)14-12(19)5-20-11;/h2-4H,5-6H2,1H3,(H,14,19);1H/p-1. The minimum atomic E-state index is -0.142. The highest BCUT2D eigenvalue weighted by atomic mass is 35.5. The number of rotatable bonds is 1. The summed E-state index contributed by atoms with van der Waals surface area (Å²) in [7, 11) is 0. The van der Waals surface area contributed by atoms with Gasteiger partial charge in [0.25, 0.3) is 5.91 Å². The molecular weight excluding hydrogens is 326 g/mol. The van der Waals surface area contributed by atoms with Crippen molar-refractivity contribution in [3.05, 3.63) is 29.6 Å². The molecule has 0 radical (unpaired) electrons. The summed E-state index contributed by atoms with van der Waals surface area (Å²) in [5, 5.41) is 16.3. The van der Waals surface area contributed by atoms with Crippen molar-refractivity contribution in [2.45, 2.75) is 12.1 Å². The molecule has 2 aliphatic rings. The smallest absolute Gasteiger partial charge is 0.262 e. The maximum absolute atomic E-state index is 11.4. The zero-order valence-electron chi connectivity index (χ0n) is 11.5. The fourth-order valence-corrected chi connectivity index (χ4v) is 3.11. The van der Waals surface area contributed by atoms with Crippen LogP contribution in [0, 0.1) is 6.92 Å². The van der Waals surface area contributed by atoms with E-state index in [0.29, 0.717) is 17.2 Å². The van der Waals surface area contributed by atoms with Crippen molar-refractivity contribution in [2.24, 2.45) is 5.10 Å². The predicted octanol–water partition coefficient (Wildman–Crippen LogP) is -1.72. The molecule has 1 amide bonds. The molecule has 114 valence electrons. The molecule has 2 aromatic rings. The largest absolute Gasteiger partial charge is 1.00 e. The van der Waals surface area contributed by atoms with Crippen molar-refractivity contribution in [3.8, 4) is 5.75 Å². The van der Waals surface area contributed by atoms with Gasteiger partial charge in [0.15, 0.2) is 12.4 Å². The Bertz CT molecular complexity index is 789. The lowest BCUT2D eigenvalue weighted by Gasteiger charge is -2.19. The zero-order chi connectivity index (χ0) is 14.4. The molecule has 0 saturated heterocycles. The fourth-order valence-electron chi connectivity index (χ4n) is 2.23. The molecule has 0 spiro atoms. The molecule has 0 atom stereocenters. The number of anilines is 1. The summed E-state index contributed by atoms with van der Waals surface area (Å²) in [6.07, 6.45) is 0. The molecule has 0 aliphatic carbocycles. The monoisotopic (exact) mass is 336 g/mol. The van der Waals surface area contributed by atoms with E-state index in [2.05, 4.69) is 20.6 Å². The molecule has 22 heavy (non-hydrogen) atoms. The van der Waals surface area contributed by atoms with Crippen LogP contribution in [0.2, 0.25) is 0 Å². The molecule has 1 N–H and O–H groups in total. The Kier molecular flexibility index (Phi) is 3.79. The van der Waals surface area contributed by atoms with E-state index in [-0.39, 0.29) is 24.9 Å². The minimum absolute atomic E-state index is 0. The highest BCUT2D eigenvalue weighted by molar-refractivity contribution is 7.99. The first-order chi connectivity index (χ1) is 10.2. The van der Waals surface area contributed by atoms with Crippen molar-refractivity contribution in [3.63, 3.8) is 0 Å². The van der Waals surface area contributed by atoms with Gasteiger partial charge in [-0.05, 0) is 25.1 Å². The summed E-state index contributed by atoms with van der Waals surface area (Å²) >= 11 is 1.59. The molecular formula is C13H11ClN5O2S-. The Hall–Kier alpha value is -2.06. The number of hydrogen-bond acceptors (Lipinski definition) is 6. The summed E-state index contributed by atoms with van der Waals surface area (Å²) in [5.74, 6) is 2.01. The van der Waals surface area contributed by atoms with Crippen LogP contribution >= 0.6 is 11.8 Å². The summed E-state index contributed by atoms with van der Waals surface area (Å²) in [6.45, 7) is 1.93. The van der Waals surface area contributed by atoms with Gasteiger partial charge in [-0.2, -0.15) is 9.78 Å². The van der Waals surface area contributed by atoms with Crippen LogP contribution in [-0.2, 0) is 4.79 Å². The first-order valence-electron chi connectivity index (χ1n) is 6.40. The van der Waals surface area contributed by atoms with E-state index in [1.807, 2.05) is 25.1 Å². The normalized spacial score (nSPS) is 15.7. The number of nitrogens with one attached hydrogen (secondary N) is 1. The van der Waals surface area contributed by atoms with Crippen LogP contribution in [-0.4, -0.2) is 38.9 Å². The SMILES string of the molecule is Cc1nnc2n1N=C(c1ccc3c(c1)NC(=O)CO3)CS2.[Cl-]. The third-order valence-electron chi connectivity index (χ3n) is 3.27. The number of ether oxygens (including phenoxy) is 1. The number of nitrogens with zero attached hydrogens (tertiary/aromatic N) is 4. The lowest BCUT2D eigenvalue weighted by molar-refractivity contribution is -0.118. The van der Waals surface area contributed by atoms with Gasteiger partial charge in [-0.1, -0.05) is 11.8 Å². The summed E-state index contributed by atoms with van der Waals surface area (Å²) in [5.41, 5.74) is 2.55. The average molecular weight is 337 g/mol. The van der Waals surface area contributed by atoms with Gasteiger partial charge >= 0.3 is 0 Å². The third kappa shape index (κ3) is 2.44. The topological polar surface area (TPSA) is 81.4 Å². The molecule has 3 heterocycles. The van der Waals surface area contributed by atoms with Gasteiger partial charge in [-0.25, -0.2) is 0 Å². The second kappa shape index (κ2) is 5.62. The Morgan fingerprint density at radius 2 is 2.23 bits per heavy atom. The molecule has 0 unspecified atom stereocenters. The van der Waals surface area contributed by atoms with Crippen LogP contribution in [0.5, 0.6) is 5.75 Å². The molecule has 4 rings (SSSR count). The molecule has 1 aromatic carbocycles. The number of carbonyl (C=O) groups excluding carboxylic acids is 1. The van der Waals surface area contributed by atoms with E-state index >= 15 is 0 Å². The van der Waals surface area contributed by atoms with E-state index in [1.54, 1.807) is 16.4 Å². The first kappa shape index (κ1) is 14.9. The quantitative estimate of drug-likeness (QED) is 0.670. The van der Waals surface area contributed by atoms with Gasteiger partial charge < -0.3 is 22.5 Å². The maximum atomic E-state index is 11.4. The van der Waals surface area contributed by atoms with Crippen LogP contribution in [0.25, 0.3) is 0 Å². The number of thioether (sulfide) groups is 1. The Morgan fingerprint density at radius 3 is 3.09 bits per heavy atom. The van der Waals surface area contributed by atoms with E-state index in [9.17, 15) is 4.79 Å². The highest BCUT2D eigenvalue weighted by Gasteiger charge is 2.21. The van der Waals surface area contributed by atoms with Gasteiger partial charge in [-0.3, -0.25) is 4.79 Å². The van der Waals surface area contributed by atoms with Gasteiger partial charge in [-0.15, -0.1) is 10.2 Å². The van der Waals surface area contributed by atoms with Crippen LogP contribution in [0.3, 0.4) is 0 Å². The molecule has 2 aliphatic heterocycles. The Balaban J connectivity index is 0.00000144. The van der Waals surface area contributed by atoms with Crippen molar-refractivity contribution in [1.82, 2.24) is 14.9 Å². The number of carbonyl (C=O) groups is 1. The van der Waals surface area contributed by atoms with Crippen LogP contribution in [0.15, 0.2) is 28.5 Å². The van der Waals surface area contributed by atoms with Crippen molar-refractivity contribution >= 4 is 29.1 Å². The molecule has 0 bridgehead atoms. The maximum Gasteiger partial charge on any atom is 0.262 e. The van der Waals surface area contributed by atoms with E-state index in [1.165, 1.54) is 0 Å². The number of aromatic nitrogens is 3. The van der Waals surface area contributed by atoms with E-state index < -0.39 is 0 Å². The molecule has 0 fully saturated rings. The molecule has 0 saturated carbocycles. The summed E-state index contributed by atoms with van der Waals surface area (Å²) < 4.78 is 7.09. The minimum Gasteiger partial charge on any atom is -1.00 e. The lowest BCUT2D eigenvalue weighted by Crippen LogP contribution is -3.00. The first-order valence-corrected chi connectivity index (χ1v) is 7.39. The van der Waals surface area contributed by atoms with E-state index in [0.717, 1.165) is 22.3 Å². The van der Waals surface area contributed by atoms with Crippen LogP contribution in [0.4, 0.5) is 5.69 Å². The number of fused-ring (bicyclic) bond motifs is 2. The Labute approximate surface area is 136 Å². The number of halogens is 1. The van der Waals surface area contributed by atoms with Crippen molar-refractivity contribution in [2.75, 3.05) is 17.7 Å². The molecule has 9 heteroatoms. The number of amides is 1. The van der Waals surface area contributed by atoms with Gasteiger partial charge in [0.1, 0.15) is 5.75 Å². The third-order valence-corrected chi connectivity index (χ3v) is 4.20. The number of benzene rings is 1. The number of hydrogen-bond donors (Lipinski definition) is 1. The summed E-state index contributed by atoms with van der Waals surface area (Å²) in [4.78, 5) is 11.4. The number of aryl methyl sites for hydroxylation is 1. The second-order valence-corrected chi connectivity index (χ2v) is 5.67. The Morgan fingerprint density at radius 1 is 1.36 bits per heavy atom. The highest BCUT2D eigenvalue weighted by Crippen LogP contribution is 2.30. The zero-order valence-corrected chi connectivity index (χ0v) is 13.1. The van der Waals surface area contributed by atoms with Crippen LogP contribution in [0.1, 0.15) is 11.4 Å². The van der Waals surface area contributed by atoms with Crippen molar-refractivity contribution in [1.29, 1.82) is 0 Å². The van der Waals surface area contributed by atoms with Crippen molar-refractivity contribution < 1.29 is 21.9 Å². The lowest BCUT2D eigenvalue weighted by atomic mass is 10.1. The van der Waals surface area contributed by atoms with E-state index in [4.69, 9.17) is 4.74 Å². The van der Waals surface area contributed by atoms with Gasteiger partial charge in [0.05, 0.1) is 11.4 Å². The second-order valence-electron chi connectivity index (χ2n) is 4.72.